The molecule has 2 amide bonds. The van der Waals surface area contributed by atoms with Gasteiger partial charge in [0.15, 0.2) is 0 Å². The maximum atomic E-state index is 11.7. The molecule has 1 aliphatic carbocycles. The van der Waals surface area contributed by atoms with Crippen LogP contribution >= 0.6 is 23.2 Å². The fourth-order valence-corrected chi connectivity index (χ4v) is 2.57. The number of nitrogens with one attached hydrogen (secondary N) is 2. The quantitative estimate of drug-likeness (QED) is 0.838. The van der Waals surface area contributed by atoms with E-state index in [1.165, 1.54) is 12.8 Å². The Morgan fingerprint density at radius 2 is 1.71 bits per heavy atom. The summed E-state index contributed by atoms with van der Waals surface area (Å²) in [6.45, 7) is 0. The van der Waals surface area contributed by atoms with E-state index < -0.39 is 0 Å². The predicted molar refractivity (Wildman–Crippen MR) is 70.9 cm³/mol. The van der Waals surface area contributed by atoms with Gasteiger partial charge in [-0.2, -0.15) is 0 Å². The van der Waals surface area contributed by atoms with E-state index in [1.807, 2.05) is 0 Å². The van der Waals surface area contributed by atoms with Crippen molar-refractivity contribution in [3.8, 4) is 0 Å². The monoisotopic (exact) mass is 272 g/mol. The molecule has 3 nitrogen and oxygen atoms in total. The van der Waals surface area contributed by atoms with Gasteiger partial charge in [-0.15, -0.1) is 0 Å². The third-order valence-corrected chi connectivity index (χ3v) is 3.25. The average molecular weight is 273 g/mol. The lowest BCUT2D eigenvalue weighted by molar-refractivity contribution is 0.248. The van der Waals surface area contributed by atoms with Gasteiger partial charge >= 0.3 is 6.03 Å². The first-order chi connectivity index (χ1) is 8.13. The number of benzene rings is 1. The zero-order valence-corrected chi connectivity index (χ0v) is 10.8. The van der Waals surface area contributed by atoms with Crippen molar-refractivity contribution in [1.82, 2.24) is 5.32 Å². The molecule has 1 aromatic rings. The molecule has 0 radical (unpaired) electrons. The highest BCUT2D eigenvalue weighted by Crippen LogP contribution is 2.22. The number of carbonyl (C=O) groups excluding carboxylic acids is 1. The fourth-order valence-electron chi connectivity index (χ4n) is 2.05. The van der Waals surface area contributed by atoms with Crippen LogP contribution in [0, 0.1) is 0 Å². The van der Waals surface area contributed by atoms with Crippen LogP contribution in [0.1, 0.15) is 25.7 Å². The molecule has 0 aromatic heterocycles. The highest BCUT2D eigenvalue weighted by Gasteiger charge is 2.16. The Morgan fingerprint density at radius 3 is 2.29 bits per heavy atom. The van der Waals surface area contributed by atoms with Crippen LogP contribution < -0.4 is 10.6 Å². The summed E-state index contributed by atoms with van der Waals surface area (Å²) < 4.78 is 0. The van der Waals surface area contributed by atoms with Gasteiger partial charge in [0.05, 0.1) is 0 Å². The predicted octanol–water partition coefficient (Wildman–Crippen LogP) is 4.06. The summed E-state index contributed by atoms with van der Waals surface area (Å²) in [5.41, 5.74) is 0.609. The molecule has 0 bridgehead atoms. The summed E-state index contributed by atoms with van der Waals surface area (Å²) in [7, 11) is 0. The van der Waals surface area contributed by atoms with Crippen molar-refractivity contribution >= 4 is 34.9 Å². The average Bonchev–Trinajstić information content (AvgIpc) is 2.67. The lowest BCUT2D eigenvalue weighted by Gasteiger charge is -2.13. The van der Waals surface area contributed by atoms with E-state index in [0.717, 1.165) is 12.8 Å². The Bertz CT molecular complexity index is 397. The van der Waals surface area contributed by atoms with Gasteiger partial charge in [-0.1, -0.05) is 36.0 Å². The Kier molecular flexibility index (Phi) is 4.13. The molecule has 17 heavy (non-hydrogen) atoms. The minimum atomic E-state index is -0.199. The van der Waals surface area contributed by atoms with Crippen LogP contribution in [0.3, 0.4) is 0 Å². The van der Waals surface area contributed by atoms with Crippen LogP contribution in [0.5, 0.6) is 0 Å². The third kappa shape index (κ3) is 3.79. The van der Waals surface area contributed by atoms with Crippen molar-refractivity contribution in [2.75, 3.05) is 5.32 Å². The Hall–Kier alpha value is -0.930. The van der Waals surface area contributed by atoms with Gasteiger partial charge in [0.1, 0.15) is 0 Å². The van der Waals surface area contributed by atoms with Gasteiger partial charge in [0.25, 0.3) is 0 Å². The molecule has 92 valence electrons. The lowest BCUT2D eigenvalue weighted by atomic mass is 10.2. The molecule has 0 aliphatic heterocycles. The molecule has 1 aromatic carbocycles. The van der Waals surface area contributed by atoms with Crippen molar-refractivity contribution in [1.29, 1.82) is 0 Å². The van der Waals surface area contributed by atoms with Crippen LogP contribution in [0.15, 0.2) is 18.2 Å². The maximum Gasteiger partial charge on any atom is 0.319 e. The van der Waals surface area contributed by atoms with Crippen molar-refractivity contribution in [3.63, 3.8) is 0 Å². The second-order valence-corrected chi connectivity index (χ2v) is 5.11. The highest BCUT2D eigenvalue weighted by atomic mass is 35.5. The molecule has 5 heteroatoms. The number of urea groups is 1. The van der Waals surface area contributed by atoms with Gasteiger partial charge in [0, 0.05) is 21.8 Å². The standard InChI is InChI=1S/C12H14Cl2N2O/c13-8-5-9(14)7-11(6-8)16-12(17)15-10-3-1-2-4-10/h5-7,10H,1-4H2,(H2,15,16,17). The highest BCUT2D eigenvalue weighted by molar-refractivity contribution is 6.35. The molecule has 1 saturated carbocycles. The molecule has 0 atom stereocenters. The largest absolute Gasteiger partial charge is 0.335 e. The molecule has 2 rings (SSSR count). The zero-order chi connectivity index (χ0) is 12.3. The molecule has 1 aliphatic rings. The minimum absolute atomic E-state index is 0.199. The number of anilines is 1. The van der Waals surface area contributed by atoms with E-state index >= 15 is 0 Å². The summed E-state index contributed by atoms with van der Waals surface area (Å²) in [5, 5.41) is 6.68. The first-order valence-electron chi connectivity index (χ1n) is 5.67. The molecular formula is C12H14Cl2N2O. The summed E-state index contributed by atoms with van der Waals surface area (Å²) in [4.78, 5) is 11.7. The molecule has 1 fully saturated rings. The van der Waals surface area contributed by atoms with E-state index in [2.05, 4.69) is 10.6 Å². The maximum absolute atomic E-state index is 11.7. The van der Waals surface area contributed by atoms with Crippen LogP contribution in [0.25, 0.3) is 0 Å². The number of hydrogen-bond donors (Lipinski definition) is 2. The second kappa shape index (κ2) is 5.61. The van der Waals surface area contributed by atoms with E-state index in [0.29, 0.717) is 21.8 Å². The third-order valence-electron chi connectivity index (χ3n) is 2.81. The Labute approximate surface area is 110 Å². The number of halogens is 2. The minimum Gasteiger partial charge on any atom is -0.335 e. The van der Waals surface area contributed by atoms with Crippen LogP contribution in [-0.4, -0.2) is 12.1 Å². The van der Waals surface area contributed by atoms with Gasteiger partial charge in [-0.3, -0.25) is 0 Å². The number of amides is 2. The molecule has 2 N–H and O–H groups in total. The van der Waals surface area contributed by atoms with E-state index in [9.17, 15) is 4.79 Å². The van der Waals surface area contributed by atoms with Crippen molar-refractivity contribution in [2.24, 2.45) is 0 Å². The Morgan fingerprint density at radius 1 is 1.12 bits per heavy atom. The van der Waals surface area contributed by atoms with Crippen molar-refractivity contribution < 1.29 is 4.79 Å². The number of hydrogen-bond acceptors (Lipinski definition) is 1. The summed E-state index contributed by atoms with van der Waals surface area (Å²) in [6, 6.07) is 5.06. The smallest absolute Gasteiger partial charge is 0.319 e. The van der Waals surface area contributed by atoms with Crippen molar-refractivity contribution in [2.45, 2.75) is 31.7 Å². The second-order valence-electron chi connectivity index (χ2n) is 4.24. The lowest BCUT2D eigenvalue weighted by Crippen LogP contribution is -2.36. The van der Waals surface area contributed by atoms with E-state index in [-0.39, 0.29) is 6.03 Å². The topological polar surface area (TPSA) is 41.1 Å². The van der Waals surface area contributed by atoms with Gasteiger partial charge < -0.3 is 10.6 Å². The van der Waals surface area contributed by atoms with E-state index in [1.54, 1.807) is 18.2 Å². The number of carbonyl (C=O) groups is 1. The van der Waals surface area contributed by atoms with Crippen molar-refractivity contribution in [3.05, 3.63) is 28.2 Å². The van der Waals surface area contributed by atoms with Crippen LogP contribution in [0.4, 0.5) is 10.5 Å². The number of rotatable bonds is 2. The summed E-state index contributed by atoms with van der Waals surface area (Å²) in [6.07, 6.45) is 4.50. The van der Waals surface area contributed by atoms with Crippen LogP contribution in [0.2, 0.25) is 10.0 Å². The molecule has 0 unspecified atom stereocenters. The fraction of sp³-hybridized carbons (Fsp3) is 0.417. The van der Waals surface area contributed by atoms with Gasteiger partial charge in [-0.05, 0) is 31.0 Å². The van der Waals surface area contributed by atoms with Crippen LogP contribution in [-0.2, 0) is 0 Å². The molecule has 0 saturated heterocycles. The zero-order valence-electron chi connectivity index (χ0n) is 9.30. The van der Waals surface area contributed by atoms with Gasteiger partial charge in [-0.25, -0.2) is 4.79 Å². The van der Waals surface area contributed by atoms with Gasteiger partial charge in [0.2, 0.25) is 0 Å². The first kappa shape index (κ1) is 12.5. The molecular weight excluding hydrogens is 259 g/mol. The normalized spacial score (nSPS) is 15.9. The molecule has 0 heterocycles. The van der Waals surface area contributed by atoms with E-state index in [4.69, 9.17) is 23.2 Å². The SMILES string of the molecule is O=C(Nc1cc(Cl)cc(Cl)c1)NC1CCCC1. The first-order valence-corrected chi connectivity index (χ1v) is 6.43. The molecule has 0 spiro atoms. The summed E-state index contributed by atoms with van der Waals surface area (Å²) in [5.74, 6) is 0. The Balaban J connectivity index is 1.92. The summed E-state index contributed by atoms with van der Waals surface area (Å²) >= 11 is 11.7.